The molecule has 1 N–H and O–H groups in total. The summed E-state index contributed by atoms with van der Waals surface area (Å²) in [6.07, 6.45) is 4.98. The van der Waals surface area contributed by atoms with E-state index in [0.717, 1.165) is 33.6 Å². The third-order valence-electron chi connectivity index (χ3n) is 6.12. The summed E-state index contributed by atoms with van der Waals surface area (Å²) in [6.45, 7) is 2.85. The van der Waals surface area contributed by atoms with Crippen molar-refractivity contribution in [1.29, 1.82) is 0 Å². The van der Waals surface area contributed by atoms with Gasteiger partial charge in [0.1, 0.15) is 0 Å². The maximum atomic E-state index is 10.0. The second kappa shape index (κ2) is 19.9. The summed E-state index contributed by atoms with van der Waals surface area (Å²) < 4.78 is 0. The van der Waals surface area contributed by atoms with E-state index < -0.39 is 0 Å². The van der Waals surface area contributed by atoms with Crippen molar-refractivity contribution in [2.45, 2.75) is 13.8 Å². The van der Waals surface area contributed by atoms with E-state index in [1.54, 1.807) is 0 Å². The predicted molar refractivity (Wildman–Crippen MR) is 175 cm³/mol. The van der Waals surface area contributed by atoms with Crippen LogP contribution in [0.2, 0.25) is 0 Å². The van der Waals surface area contributed by atoms with Crippen LogP contribution < -0.4 is 0 Å². The van der Waals surface area contributed by atoms with Gasteiger partial charge in [-0.25, -0.2) is 0 Å². The van der Waals surface area contributed by atoms with Gasteiger partial charge in [0.25, 0.3) is 0 Å². The van der Waals surface area contributed by atoms with Crippen LogP contribution in [0, 0.1) is 12.1 Å². The zero-order valence-electron chi connectivity index (χ0n) is 24.9. The molecular weight excluding hydrogens is 913 g/mol. The molecule has 2 aromatic heterocycles. The Labute approximate surface area is 292 Å². The Bertz CT molecular complexity index is 1470. The quantitative estimate of drug-likeness (QED) is 0.106. The van der Waals surface area contributed by atoms with E-state index in [2.05, 4.69) is 58.5 Å². The van der Waals surface area contributed by atoms with Crippen molar-refractivity contribution in [3.63, 3.8) is 0 Å². The van der Waals surface area contributed by atoms with Crippen molar-refractivity contribution in [1.82, 2.24) is 9.97 Å². The average molecular weight is 945 g/mol. The molecule has 0 aliphatic heterocycles. The number of aliphatic hydroxyl groups is 1. The van der Waals surface area contributed by atoms with Crippen molar-refractivity contribution >= 4 is 5.78 Å². The summed E-state index contributed by atoms with van der Waals surface area (Å²) in [5.74, 6) is -0.0625. The van der Waals surface area contributed by atoms with E-state index in [1.165, 1.54) is 31.1 Å². The minimum Gasteiger partial charge on any atom is -0.512 e. The number of hydrogen-bond acceptors (Lipinski definition) is 4. The second-order valence-corrected chi connectivity index (χ2v) is 9.55. The van der Waals surface area contributed by atoms with E-state index in [4.69, 9.17) is 5.11 Å². The fourth-order valence-electron chi connectivity index (χ4n) is 4.11. The summed E-state index contributed by atoms with van der Waals surface area (Å²) in [7, 11) is 0. The first-order valence-corrected chi connectivity index (χ1v) is 13.8. The van der Waals surface area contributed by atoms with Crippen molar-refractivity contribution in [3.8, 4) is 44.8 Å². The van der Waals surface area contributed by atoms with Crippen LogP contribution >= 0.6 is 0 Å². The molecule has 6 heteroatoms. The van der Waals surface area contributed by atoms with Gasteiger partial charge in [0.05, 0.1) is 5.76 Å². The molecule has 0 bridgehead atoms. The Morgan fingerprint density at radius 1 is 0.556 bits per heavy atom. The standard InChI is InChI=1S/2C17H12N.C5H8O2.2Ir/c2*1-3-7-14(8-4-1)16-11-12-17(18-13-16)15-9-5-2-6-10-15;1-4(6)3-5(2)7;;/h2*1-9,11-13H;3,6H,1-2H3;;/q2*-1;;;. The van der Waals surface area contributed by atoms with E-state index in [9.17, 15) is 4.79 Å². The molecule has 0 saturated carbocycles. The molecule has 0 saturated heterocycles. The van der Waals surface area contributed by atoms with Gasteiger partial charge in [-0.2, -0.15) is 0 Å². The maximum Gasteiger partial charge on any atom is 0.155 e. The minimum atomic E-state index is -0.125. The Morgan fingerprint density at radius 2 is 0.956 bits per heavy atom. The zero-order valence-corrected chi connectivity index (χ0v) is 29.6. The molecule has 230 valence electrons. The van der Waals surface area contributed by atoms with Gasteiger partial charge in [-0.3, -0.25) is 4.79 Å². The summed E-state index contributed by atoms with van der Waals surface area (Å²) in [6, 6.07) is 50.9. The first kappa shape index (κ1) is 36.9. The van der Waals surface area contributed by atoms with Crippen LogP contribution in [-0.2, 0) is 45.0 Å². The number of ketones is 1. The normalized spacial score (nSPS) is 9.96. The maximum absolute atomic E-state index is 10.0. The topological polar surface area (TPSA) is 63.1 Å². The summed E-state index contributed by atoms with van der Waals surface area (Å²) >= 11 is 0. The first-order chi connectivity index (χ1) is 21.0. The number of pyridine rings is 2. The van der Waals surface area contributed by atoms with Gasteiger partial charge in [0, 0.05) is 58.7 Å². The number of carbonyl (C=O) groups is 1. The molecule has 0 aliphatic carbocycles. The van der Waals surface area contributed by atoms with E-state index in [1.807, 2.05) is 109 Å². The Hall–Kier alpha value is -4.31. The number of nitrogens with zero attached hydrogens (tertiary/aromatic N) is 2. The zero-order chi connectivity index (χ0) is 30.3. The van der Waals surface area contributed by atoms with Gasteiger partial charge >= 0.3 is 0 Å². The van der Waals surface area contributed by atoms with Gasteiger partial charge in [0.2, 0.25) is 0 Å². The Balaban J connectivity index is 0.000000251. The smallest absolute Gasteiger partial charge is 0.155 e. The third kappa shape index (κ3) is 12.3. The number of rotatable bonds is 5. The van der Waals surface area contributed by atoms with Crippen LogP contribution in [0.3, 0.4) is 0 Å². The van der Waals surface area contributed by atoms with Crippen LogP contribution in [0.1, 0.15) is 13.8 Å². The molecule has 0 amide bonds. The average Bonchev–Trinajstić information content (AvgIpc) is 3.07. The molecule has 45 heavy (non-hydrogen) atoms. The van der Waals surface area contributed by atoms with Gasteiger partial charge in [0.15, 0.2) is 5.78 Å². The number of carbonyl (C=O) groups excluding carboxylic acids is 1. The van der Waals surface area contributed by atoms with Gasteiger partial charge < -0.3 is 15.1 Å². The molecule has 6 rings (SSSR count). The molecule has 2 heterocycles. The summed E-state index contributed by atoms with van der Waals surface area (Å²) in [4.78, 5) is 19.0. The van der Waals surface area contributed by atoms with E-state index >= 15 is 0 Å². The van der Waals surface area contributed by atoms with Gasteiger partial charge in [-0.15, -0.1) is 71.8 Å². The molecule has 0 aliphatic rings. The molecular formula is C39H32Ir2N2O2-2. The van der Waals surface area contributed by atoms with E-state index in [-0.39, 0.29) is 51.8 Å². The fraction of sp³-hybridized carbons (Fsp3) is 0.0513. The predicted octanol–water partition coefficient (Wildman–Crippen LogP) is 9.46. The number of aliphatic hydroxyl groups excluding tert-OH is 1. The van der Waals surface area contributed by atoms with Crippen LogP contribution in [0.15, 0.2) is 158 Å². The van der Waals surface area contributed by atoms with Crippen molar-refractivity contribution < 1.29 is 50.1 Å². The van der Waals surface area contributed by atoms with Crippen LogP contribution in [0.25, 0.3) is 44.8 Å². The Morgan fingerprint density at radius 3 is 1.22 bits per heavy atom. The minimum absolute atomic E-state index is 0. The van der Waals surface area contributed by atoms with Crippen molar-refractivity contribution in [3.05, 3.63) is 170 Å². The first-order valence-electron chi connectivity index (χ1n) is 13.8. The molecule has 6 aromatic rings. The molecule has 0 atom stereocenters. The van der Waals surface area contributed by atoms with Crippen LogP contribution in [0.4, 0.5) is 0 Å². The SMILES string of the molecule is CC(=O)C=C(C)O.[Ir].[Ir].[c-]1ccccc1-c1ccc(-c2ccccc2)cn1.[c-]1ccccc1-c1ccc(-c2ccccc2)cn1. The number of benzene rings is 4. The monoisotopic (exact) mass is 946 g/mol. The van der Waals surface area contributed by atoms with E-state index in [0.29, 0.717) is 0 Å². The molecule has 4 aromatic carbocycles. The molecule has 0 spiro atoms. The van der Waals surface area contributed by atoms with Gasteiger partial charge in [-0.05, 0) is 47.5 Å². The molecule has 2 radical (unpaired) electrons. The fourth-order valence-corrected chi connectivity index (χ4v) is 4.11. The second-order valence-electron chi connectivity index (χ2n) is 9.55. The van der Waals surface area contributed by atoms with Crippen molar-refractivity contribution in [2.24, 2.45) is 0 Å². The summed E-state index contributed by atoms with van der Waals surface area (Å²) in [5, 5.41) is 8.36. The molecule has 4 nitrogen and oxygen atoms in total. The third-order valence-corrected chi connectivity index (χ3v) is 6.12. The van der Waals surface area contributed by atoms with Crippen molar-refractivity contribution in [2.75, 3.05) is 0 Å². The van der Waals surface area contributed by atoms with Crippen LogP contribution in [-0.4, -0.2) is 20.9 Å². The molecule has 0 fully saturated rings. The largest absolute Gasteiger partial charge is 0.512 e. The number of hydrogen-bond donors (Lipinski definition) is 1. The van der Waals surface area contributed by atoms with Crippen LogP contribution in [0.5, 0.6) is 0 Å². The molecule has 0 unspecified atom stereocenters. The number of allylic oxidation sites excluding steroid dienone is 2. The van der Waals surface area contributed by atoms with Gasteiger partial charge in [-0.1, -0.05) is 84.9 Å². The summed E-state index contributed by atoms with van der Waals surface area (Å²) in [5.41, 5.74) is 8.60. The Kier molecular flexibility index (Phi) is 16.3. The number of aromatic nitrogens is 2.